The van der Waals surface area contributed by atoms with E-state index in [1.54, 1.807) is 0 Å². The molecule has 3 aliphatic heterocycles. The van der Waals surface area contributed by atoms with E-state index in [4.69, 9.17) is 4.74 Å². The molecule has 0 aromatic rings. The first-order valence-electron chi connectivity index (χ1n) is 11.5. The number of fused-ring (bicyclic) bond motifs is 1. The number of carbonyl (C=O) groups is 3. The number of nitrogens with one attached hydrogen (secondary N) is 2. The summed E-state index contributed by atoms with van der Waals surface area (Å²) in [5, 5.41) is 15.6. The Morgan fingerprint density at radius 2 is 1.97 bits per heavy atom. The van der Waals surface area contributed by atoms with Gasteiger partial charge in [0.15, 0.2) is 0 Å². The Kier molecular flexibility index (Phi) is 6.77. The van der Waals surface area contributed by atoms with Crippen LogP contribution in [0.15, 0.2) is 0 Å². The van der Waals surface area contributed by atoms with Gasteiger partial charge in [-0.2, -0.15) is 0 Å². The van der Waals surface area contributed by atoms with Crippen LogP contribution in [0, 0.1) is 11.8 Å². The topological polar surface area (TPSA) is 108 Å². The number of nitrogens with zero attached hydrogens (tertiary/aromatic N) is 1. The predicted octanol–water partition coefficient (Wildman–Crippen LogP) is 0.965. The highest BCUT2D eigenvalue weighted by Gasteiger charge is 2.78. The van der Waals surface area contributed by atoms with Crippen molar-refractivity contribution >= 4 is 17.7 Å². The fourth-order valence-electron chi connectivity index (χ4n) is 5.95. The largest absolute Gasteiger partial charge is 0.395 e. The molecule has 3 fully saturated rings. The molecule has 8 nitrogen and oxygen atoms in total. The number of aliphatic hydroxyl groups excluding tert-OH is 1. The van der Waals surface area contributed by atoms with Crippen LogP contribution >= 0.6 is 0 Å². The molecule has 8 heteroatoms. The lowest BCUT2D eigenvalue weighted by Gasteiger charge is -2.34. The van der Waals surface area contributed by atoms with Gasteiger partial charge in [-0.1, -0.05) is 27.2 Å². The quantitative estimate of drug-likeness (QED) is 0.485. The summed E-state index contributed by atoms with van der Waals surface area (Å²) in [7, 11) is 0. The zero-order valence-corrected chi connectivity index (χ0v) is 18.7. The number of likely N-dealkylation sites (tertiary alicyclic amines) is 1. The van der Waals surface area contributed by atoms with Crippen molar-refractivity contribution in [1.29, 1.82) is 0 Å². The molecule has 1 spiro atoms. The van der Waals surface area contributed by atoms with Gasteiger partial charge in [0.25, 0.3) is 0 Å². The summed E-state index contributed by atoms with van der Waals surface area (Å²) in [5.41, 5.74) is -1.72. The van der Waals surface area contributed by atoms with Gasteiger partial charge in [-0.05, 0) is 39.0 Å². The van der Waals surface area contributed by atoms with Crippen molar-refractivity contribution in [3.05, 3.63) is 0 Å². The first-order valence-corrected chi connectivity index (χ1v) is 11.5. The fraction of sp³-hybridized carbons (Fsp3) is 0.864. The lowest BCUT2D eigenvalue weighted by atomic mass is 9.65. The van der Waals surface area contributed by atoms with E-state index in [1.165, 1.54) is 4.90 Å². The van der Waals surface area contributed by atoms with E-state index in [1.807, 2.05) is 20.8 Å². The molecular formula is C22H37N3O5. The van der Waals surface area contributed by atoms with E-state index in [0.29, 0.717) is 25.8 Å². The molecule has 0 aromatic heterocycles. The maximum absolute atomic E-state index is 13.5. The van der Waals surface area contributed by atoms with Crippen molar-refractivity contribution in [3.8, 4) is 0 Å². The van der Waals surface area contributed by atoms with Crippen molar-refractivity contribution < 1.29 is 24.2 Å². The normalized spacial score (nSPS) is 35.4. The van der Waals surface area contributed by atoms with Gasteiger partial charge in [0.05, 0.1) is 24.0 Å². The third kappa shape index (κ3) is 3.42. The number of rotatable bonds is 10. The monoisotopic (exact) mass is 423 g/mol. The molecule has 170 valence electrons. The fourth-order valence-corrected chi connectivity index (χ4v) is 5.95. The molecule has 3 saturated heterocycles. The highest BCUT2D eigenvalue weighted by molar-refractivity contribution is 5.99. The number of hydrogen-bond acceptors (Lipinski definition) is 5. The number of amides is 3. The lowest BCUT2D eigenvalue weighted by Crippen LogP contribution is -2.57. The number of β-amino-alcohol motifs (C(OH)–C–C–N with tert-alkyl or cyclic N) is 1. The van der Waals surface area contributed by atoms with Crippen molar-refractivity contribution in [1.82, 2.24) is 15.5 Å². The SMILES string of the molecule is CCCNC(=O)[C@H]1[C@H]2C(=O)N(CCO)C(C(=O)NC(C)CCC)C23CC[C@]1(CC)O3. The van der Waals surface area contributed by atoms with Gasteiger partial charge in [0.2, 0.25) is 17.7 Å². The minimum Gasteiger partial charge on any atom is -0.395 e. The third-order valence-electron chi connectivity index (χ3n) is 7.21. The molecule has 30 heavy (non-hydrogen) atoms. The average Bonchev–Trinajstić information content (AvgIpc) is 3.31. The van der Waals surface area contributed by atoms with E-state index >= 15 is 0 Å². The van der Waals surface area contributed by atoms with Crippen molar-refractivity contribution in [2.45, 2.75) is 89.5 Å². The summed E-state index contributed by atoms with van der Waals surface area (Å²) in [4.78, 5) is 41.5. The first-order chi connectivity index (χ1) is 14.3. The summed E-state index contributed by atoms with van der Waals surface area (Å²) < 4.78 is 6.59. The molecule has 0 radical (unpaired) electrons. The van der Waals surface area contributed by atoms with Crippen LogP contribution < -0.4 is 10.6 Å². The van der Waals surface area contributed by atoms with E-state index in [2.05, 4.69) is 17.6 Å². The van der Waals surface area contributed by atoms with Crippen LogP contribution in [-0.2, 0) is 19.1 Å². The van der Waals surface area contributed by atoms with Gasteiger partial charge < -0.3 is 25.4 Å². The second kappa shape index (κ2) is 8.83. The minimum atomic E-state index is -1.01. The van der Waals surface area contributed by atoms with Crippen LogP contribution in [0.25, 0.3) is 0 Å². The Morgan fingerprint density at radius 1 is 1.23 bits per heavy atom. The summed E-state index contributed by atoms with van der Waals surface area (Å²) >= 11 is 0. The highest BCUT2D eigenvalue weighted by atomic mass is 16.5. The Labute approximate surface area is 179 Å². The van der Waals surface area contributed by atoms with Crippen LogP contribution in [0.5, 0.6) is 0 Å². The maximum atomic E-state index is 13.5. The average molecular weight is 424 g/mol. The second-order valence-corrected chi connectivity index (χ2v) is 9.08. The van der Waals surface area contributed by atoms with E-state index < -0.39 is 29.1 Å². The number of aliphatic hydroxyl groups is 1. The zero-order chi connectivity index (χ0) is 22.1. The lowest BCUT2D eigenvalue weighted by molar-refractivity contribution is -0.148. The third-order valence-corrected chi connectivity index (χ3v) is 7.21. The molecule has 2 bridgehead atoms. The molecular weight excluding hydrogens is 386 g/mol. The summed E-state index contributed by atoms with van der Waals surface area (Å²) in [6.45, 7) is 8.33. The summed E-state index contributed by atoms with van der Waals surface area (Å²) in [6.07, 6.45) is 4.41. The van der Waals surface area contributed by atoms with Crippen molar-refractivity contribution in [3.63, 3.8) is 0 Å². The van der Waals surface area contributed by atoms with Gasteiger partial charge in [-0.25, -0.2) is 0 Å². The smallest absolute Gasteiger partial charge is 0.246 e. The van der Waals surface area contributed by atoms with Crippen LogP contribution in [0.2, 0.25) is 0 Å². The Morgan fingerprint density at radius 3 is 2.57 bits per heavy atom. The second-order valence-electron chi connectivity index (χ2n) is 9.08. The van der Waals surface area contributed by atoms with E-state index in [0.717, 1.165) is 19.3 Å². The Hall–Kier alpha value is -1.67. The Bertz CT molecular complexity index is 686. The number of ether oxygens (including phenoxy) is 1. The van der Waals surface area contributed by atoms with Crippen LogP contribution in [0.1, 0.15) is 66.2 Å². The van der Waals surface area contributed by atoms with Crippen molar-refractivity contribution in [2.75, 3.05) is 19.7 Å². The first kappa shape index (κ1) is 23.0. The van der Waals surface area contributed by atoms with E-state index in [9.17, 15) is 19.5 Å². The predicted molar refractivity (Wildman–Crippen MR) is 111 cm³/mol. The molecule has 3 aliphatic rings. The standard InChI is InChI=1S/C22H37N3O5/c1-5-8-14(4)24-19(28)17-22-10-9-21(7-3,30-22)15(18(27)23-11-6-2)16(22)20(29)25(17)12-13-26/h14-17,26H,5-13H2,1-4H3,(H,23,27)(H,24,28)/t14?,15-,16+,17?,21+,22?/m1/s1. The summed E-state index contributed by atoms with van der Waals surface area (Å²) in [5.74, 6) is -1.96. The summed E-state index contributed by atoms with van der Waals surface area (Å²) in [6, 6.07) is -0.842. The van der Waals surface area contributed by atoms with Crippen LogP contribution in [-0.4, -0.2) is 70.7 Å². The highest BCUT2D eigenvalue weighted by Crippen LogP contribution is 2.64. The molecule has 3 N–H and O–H groups in total. The molecule has 0 aliphatic carbocycles. The van der Waals surface area contributed by atoms with Crippen molar-refractivity contribution in [2.24, 2.45) is 11.8 Å². The minimum absolute atomic E-state index is 0.0218. The molecule has 6 atom stereocenters. The zero-order valence-electron chi connectivity index (χ0n) is 18.7. The van der Waals surface area contributed by atoms with E-state index in [-0.39, 0.29) is 36.9 Å². The molecule has 3 unspecified atom stereocenters. The molecule has 3 rings (SSSR count). The molecule has 0 saturated carbocycles. The Balaban J connectivity index is 1.98. The maximum Gasteiger partial charge on any atom is 0.246 e. The van der Waals surface area contributed by atoms with Crippen LogP contribution in [0.4, 0.5) is 0 Å². The van der Waals surface area contributed by atoms with Gasteiger partial charge >= 0.3 is 0 Å². The van der Waals surface area contributed by atoms with Gasteiger partial charge in [0.1, 0.15) is 11.6 Å². The molecule has 3 amide bonds. The van der Waals surface area contributed by atoms with Gasteiger partial charge in [-0.3, -0.25) is 14.4 Å². The van der Waals surface area contributed by atoms with Gasteiger partial charge in [0, 0.05) is 19.1 Å². The van der Waals surface area contributed by atoms with Gasteiger partial charge in [-0.15, -0.1) is 0 Å². The molecule has 3 heterocycles. The van der Waals surface area contributed by atoms with Crippen LogP contribution in [0.3, 0.4) is 0 Å². The molecule has 0 aromatic carbocycles. The number of carbonyl (C=O) groups excluding carboxylic acids is 3. The number of hydrogen-bond donors (Lipinski definition) is 3.